The molecule has 3 fully saturated rings. The summed E-state index contributed by atoms with van der Waals surface area (Å²) in [5, 5.41) is 3.08. The van der Waals surface area contributed by atoms with Crippen molar-refractivity contribution in [2.45, 2.75) is 128 Å². The van der Waals surface area contributed by atoms with Crippen LogP contribution >= 0.6 is 19.2 Å². The number of ether oxygens (including phenoxy) is 7. The van der Waals surface area contributed by atoms with Crippen molar-refractivity contribution in [3.05, 3.63) is 17.4 Å². The van der Waals surface area contributed by atoms with Crippen molar-refractivity contribution < 1.29 is 56.4 Å². The first-order valence-corrected chi connectivity index (χ1v) is 19.7. The molecule has 1 aliphatic carbocycles. The summed E-state index contributed by atoms with van der Waals surface area (Å²) in [6.07, 6.45) is 1.39. The molecule has 5 rings (SSSR count). The van der Waals surface area contributed by atoms with Gasteiger partial charge in [0.15, 0.2) is 17.7 Å². The van der Waals surface area contributed by atoms with Gasteiger partial charge in [-0.2, -0.15) is 5.10 Å². The molecule has 2 saturated heterocycles. The Morgan fingerprint density at radius 2 is 1.73 bits per heavy atom. The van der Waals surface area contributed by atoms with Gasteiger partial charge in [-0.15, -0.1) is 0 Å². The first kappa shape index (κ1) is 40.8. The number of amides is 1. The summed E-state index contributed by atoms with van der Waals surface area (Å²) < 4.78 is 69.1. The van der Waals surface area contributed by atoms with Crippen LogP contribution in [-0.4, -0.2) is 108 Å². The predicted octanol–water partition coefficient (Wildman–Crippen LogP) is 6.37. The predicted molar refractivity (Wildman–Crippen MR) is 189 cm³/mol. The lowest BCUT2D eigenvalue weighted by Crippen LogP contribution is -2.50. The molecule has 4 heterocycles. The molecule has 16 nitrogen and oxygen atoms in total. The van der Waals surface area contributed by atoms with E-state index in [1.54, 1.807) is 51.8 Å². The third-order valence-electron chi connectivity index (χ3n) is 8.88. The molecular formula is C34H52ClN4O12P. The zero-order valence-corrected chi connectivity index (χ0v) is 33.1. The lowest BCUT2D eigenvalue weighted by Gasteiger charge is -2.36. The number of pyridine rings is 1. The van der Waals surface area contributed by atoms with Crippen molar-refractivity contribution in [3.63, 3.8) is 0 Å². The van der Waals surface area contributed by atoms with E-state index in [0.717, 1.165) is 25.7 Å². The number of carbonyl (C=O) groups excluding carboxylic acids is 2. The average molecular weight is 775 g/mol. The zero-order chi connectivity index (χ0) is 38.1. The van der Waals surface area contributed by atoms with E-state index >= 15 is 0 Å². The highest BCUT2D eigenvalue weighted by Crippen LogP contribution is 2.61. The van der Waals surface area contributed by atoms with Crippen LogP contribution in [0, 0.1) is 0 Å². The van der Waals surface area contributed by atoms with Crippen molar-refractivity contribution in [1.82, 2.24) is 14.8 Å². The Bertz CT molecular complexity index is 1620. The summed E-state index contributed by atoms with van der Waals surface area (Å²) in [6.45, 7) is 12.9. The highest BCUT2D eigenvalue weighted by molar-refractivity contribution is 7.56. The number of methoxy groups -OCH3 is 1. The van der Waals surface area contributed by atoms with Gasteiger partial charge in [-0.1, -0.05) is 24.4 Å². The van der Waals surface area contributed by atoms with Crippen LogP contribution in [-0.2, 0) is 51.6 Å². The molecule has 0 spiro atoms. The summed E-state index contributed by atoms with van der Waals surface area (Å²) >= 11 is 6.66. The maximum atomic E-state index is 14.3. The van der Waals surface area contributed by atoms with Gasteiger partial charge in [0.25, 0.3) is 5.34 Å². The first-order chi connectivity index (χ1) is 24.5. The second kappa shape index (κ2) is 16.1. The Morgan fingerprint density at radius 3 is 2.33 bits per heavy atom. The molecule has 0 radical (unpaired) electrons. The fourth-order valence-electron chi connectivity index (χ4n) is 6.94. The summed E-state index contributed by atoms with van der Waals surface area (Å²) in [5.41, 5.74) is 0.129. The number of hydrogen-bond acceptors (Lipinski definition) is 14. The lowest BCUT2D eigenvalue weighted by atomic mass is 10.1. The van der Waals surface area contributed by atoms with Crippen molar-refractivity contribution >= 4 is 48.0 Å². The molecule has 0 bridgehead atoms. The Kier molecular flexibility index (Phi) is 12.7. The van der Waals surface area contributed by atoms with Crippen LogP contribution in [0.1, 0.15) is 87.3 Å². The molecule has 5 atom stereocenters. The number of aromatic nitrogens is 3. The summed E-state index contributed by atoms with van der Waals surface area (Å²) in [5.74, 6) is -2.01. The lowest BCUT2D eigenvalue weighted by molar-refractivity contribution is -0.210. The molecule has 3 aliphatic rings. The van der Waals surface area contributed by atoms with Gasteiger partial charge in [0.1, 0.15) is 29.1 Å². The van der Waals surface area contributed by atoms with Crippen LogP contribution in [0.5, 0.6) is 0 Å². The number of esters is 1. The van der Waals surface area contributed by atoms with E-state index in [1.165, 1.54) is 11.8 Å². The summed E-state index contributed by atoms with van der Waals surface area (Å²) in [6, 6.07) is 1.54. The third kappa shape index (κ3) is 8.15. The van der Waals surface area contributed by atoms with Crippen LogP contribution in [0.25, 0.3) is 11.0 Å². The topological polar surface area (TPSA) is 168 Å². The molecule has 0 aromatic carbocycles. The average Bonchev–Trinajstić information content (AvgIpc) is 3.83. The van der Waals surface area contributed by atoms with Gasteiger partial charge < -0.3 is 42.2 Å². The fraction of sp³-hybridized carbons (Fsp3) is 0.765. The van der Waals surface area contributed by atoms with Crippen LogP contribution in [0.2, 0.25) is 5.15 Å². The van der Waals surface area contributed by atoms with E-state index in [1.807, 2.05) is 20.8 Å². The number of rotatable bonds is 15. The van der Waals surface area contributed by atoms with Gasteiger partial charge in [0.05, 0.1) is 50.3 Å². The van der Waals surface area contributed by atoms with E-state index in [2.05, 4.69) is 10.1 Å². The molecule has 0 N–H and O–H groups in total. The summed E-state index contributed by atoms with van der Waals surface area (Å²) in [7, 11) is -3.02. The van der Waals surface area contributed by atoms with Crippen LogP contribution in [0.15, 0.2) is 12.3 Å². The highest BCUT2D eigenvalue weighted by Gasteiger charge is 2.63. The molecule has 1 amide bonds. The molecule has 292 valence electrons. The first-order valence-electron chi connectivity index (χ1n) is 17.8. The van der Waals surface area contributed by atoms with Gasteiger partial charge >= 0.3 is 19.7 Å². The Labute approximate surface area is 309 Å². The van der Waals surface area contributed by atoms with Crippen molar-refractivity contribution in [3.8, 4) is 0 Å². The zero-order valence-electron chi connectivity index (χ0n) is 31.4. The van der Waals surface area contributed by atoms with Crippen LogP contribution in [0.4, 0.5) is 10.5 Å². The largest absolute Gasteiger partial charge is 0.463 e. The van der Waals surface area contributed by atoms with Crippen molar-refractivity contribution in [1.29, 1.82) is 0 Å². The Hall–Kier alpha value is -2.40. The minimum absolute atomic E-state index is 0.0280. The smallest absolute Gasteiger partial charge is 0.415 e. The SMILES string of the molecule is CCOC(=O)C(COC)(OC[C@H]1O[C@@H](n2ncc3c(N(C(=O)OC(C)(C)C)C4CCCC4)cc(Cl)nc32)[C@@H]2OC(C)(C)O[C@@H]21)P(=O)(OCC)OCC. The number of hydrogen-bond donors (Lipinski definition) is 0. The highest BCUT2D eigenvalue weighted by atomic mass is 35.5. The van der Waals surface area contributed by atoms with E-state index in [-0.39, 0.29) is 37.6 Å². The molecule has 2 aromatic rings. The fourth-order valence-corrected chi connectivity index (χ4v) is 9.10. The molecule has 2 aliphatic heterocycles. The normalized spacial score (nSPS) is 24.6. The van der Waals surface area contributed by atoms with Gasteiger partial charge in [-0.3, -0.25) is 9.46 Å². The molecule has 1 saturated carbocycles. The Balaban J connectivity index is 1.53. The van der Waals surface area contributed by atoms with E-state index in [9.17, 15) is 14.2 Å². The second-order valence-corrected chi connectivity index (χ2v) is 16.9. The maximum absolute atomic E-state index is 14.3. The number of anilines is 1. The molecule has 52 heavy (non-hydrogen) atoms. The number of nitrogens with zero attached hydrogens (tertiary/aromatic N) is 4. The van der Waals surface area contributed by atoms with Crippen LogP contribution in [0.3, 0.4) is 0 Å². The van der Waals surface area contributed by atoms with Crippen molar-refractivity contribution in [2.24, 2.45) is 0 Å². The summed E-state index contributed by atoms with van der Waals surface area (Å²) in [4.78, 5) is 33.6. The molecule has 2 aromatic heterocycles. The van der Waals surface area contributed by atoms with E-state index in [0.29, 0.717) is 16.7 Å². The number of halogens is 1. The van der Waals surface area contributed by atoms with Gasteiger partial charge in [0, 0.05) is 19.2 Å². The molecule has 1 unspecified atom stereocenters. The second-order valence-electron chi connectivity index (χ2n) is 14.3. The van der Waals surface area contributed by atoms with Crippen molar-refractivity contribution in [2.75, 3.05) is 45.0 Å². The van der Waals surface area contributed by atoms with Gasteiger partial charge in [0.2, 0.25) is 0 Å². The Morgan fingerprint density at radius 1 is 1.08 bits per heavy atom. The minimum atomic E-state index is -4.35. The van der Waals surface area contributed by atoms with Gasteiger partial charge in [-0.05, 0) is 68.2 Å². The van der Waals surface area contributed by atoms with Gasteiger partial charge in [-0.25, -0.2) is 19.3 Å². The standard InChI is InChI=1S/C34H52ClN4O12P/c1-10-44-30(40)34(20-43-9,52(42,46-11-2)47-12-3)45-19-24-26-27(50-33(7,8)49-26)29(48-24)39-28-22(18-36-39)23(17-25(35)37-28)38(21-15-13-14-16-21)31(41)51-32(4,5)6/h17-18,21,24,26-27,29H,10-16,19-20H2,1-9H3/t24-,26-,27-,29-,34?/m1/s1. The number of fused-ring (bicyclic) bond motifs is 2. The maximum Gasteiger partial charge on any atom is 0.415 e. The minimum Gasteiger partial charge on any atom is -0.463 e. The third-order valence-corrected chi connectivity index (χ3v) is 11.6. The van der Waals surface area contributed by atoms with E-state index < -0.39 is 67.5 Å². The molecular weight excluding hydrogens is 723 g/mol. The number of carbonyl (C=O) groups is 2. The van der Waals surface area contributed by atoms with Crippen LogP contribution < -0.4 is 4.90 Å². The quantitative estimate of drug-likeness (QED) is 0.111. The van der Waals surface area contributed by atoms with E-state index in [4.69, 9.17) is 53.8 Å². The molecule has 18 heteroatoms. The monoisotopic (exact) mass is 774 g/mol.